The number of carbonyl (C=O) groups excluding carboxylic acids is 1. The van der Waals surface area contributed by atoms with E-state index in [-0.39, 0.29) is 11.9 Å². The number of aliphatic hydroxyl groups excluding tert-OH is 1. The Balaban J connectivity index is 2.10. The maximum absolute atomic E-state index is 11.1. The van der Waals surface area contributed by atoms with Crippen LogP contribution in [0, 0.1) is 0 Å². The number of hydrogen-bond donors (Lipinski definition) is 2. The van der Waals surface area contributed by atoms with Gasteiger partial charge in [-0.05, 0) is 31.9 Å². The van der Waals surface area contributed by atoms with Crippen molar-refractivity contribution in [1.82, 2.24) is 5.32 Å². The number of nitrogens with zero attached hydrogens (tertiary/aromatic N) is 1. The minimum atomic E-state index is -0.480. The van der Waals surface area contributed by atoms with E-state index >= 15 is 0 Å². The molecule has 1 fully saturated rings. The summed E-state index contributed by atoms with van der Waals surface area (Å²) in [6.45, 7) is 5.13. The van der Waals surface area contributed by atoms with Gasteiger partial charge in [0.15, 0.2) is 0 Å². The third kappa shape index (κ3) is 3.73. The van der Waals surface area contributed by atoms with Gasteiger partial charge < -0.3 is 15.3 Å². The van der Waals surface area contributed by atoms with Gasteiger partial charge in [0.05, 0.1) is 6.10 Å². The maximum Gasteiger partial charge on any atom is 0.217 e. The molecule has 1 aromatic carbocycles. The minimum absolute atomic E-state index is 0.0376. The van der Waals surface area contributed by atoms with Crippen LogP contribution >= 0.6 is 15.9 Å². The molecule has 0 spiro atoms. The molecule has 0 radical (unpaired) electrons. The normalized spacial score (nSPS) is 17.9. The van der Waals surface area contributed by atoms with Crippen LogP contribution < -0.4 is 10.2 Å². The van der Waals surface area contributed by atoms with Crippen LogP contribution in [0.4, 0.5) is 5.69 Å². The number of nitrogens with one attached hydrogen (secondary N) is 1. The van der Waals surface area contributed by atoms with Crippen molar-refractivity contribution >= 4 is 27.5 Å². The highest BCUT2D eigenvalue weighted by Gasteiger charge is 2.22. The van der Waals surface area contributed by atoms with Gasteiger partial charge in [0.1, 0.15) is 0 Å². The first-order valence-corrected chi connectivity index (χ1v) is 7.76. The van der Waals surface area contributed by atoms with Gasteiger partial charge in [-0.15, -0.1) is 0 Å². The predicted octanol–water partition coefficient (Wildman–Crippen LogP) is 2.61. The molecule has 4 nitrogen and oxygen atoms in total. The zero-order valence-electron chi connectivity index (χ0n) is 11.9. The molecule has 2 rings (SSSR count). The van der Waals surface area contributed by atoms with Gasteiger partial charge in [0.2, 0.25) is 5.91 Å². The molecule has 1 aliphatic rings. The van der Waals surface area contributed by atoms with Gasteiger partial charge in [-0.2, -0.15) is 0 Å². The summed E-state index contributed by atoms with van der Waals surface area (Å²) in [6.07, 6.45) is 1.39. The average molecular weight is 341 g/mol. The summed E-state index contributed by atoms with van der Waals surface area (Å²) >= 11 is 3.49. The number of aliphatic hydroxyl groups is 1. The molecule has 1 unspecified atom stereocenters. The second-order valence-corrected chi connectivity index (χ2v) is 6.26. The van der Waals surface area contributed by atoms with E-state index in [0.717, 1.165) is 41.7 Å². The second kappa shape index (κ2) is 6.59. The van der Waals surface area contributed by atoms with E-state index in [9.17, 15) is 9.90 Å². The van der Waals surface area contributed by atoms with Gasteiger partial charge >= 0.3 is 0 Å². The van der Waals surface area contributed by atoms with Gasteiger partial charge in [-0.3, -0.25) is 4.79 Å². The number of rotatable bonds is 3. The first-order valence-electron chi connectivity index (χ1n) is 6.97. The van der Waals surface area contributed by atoms with E-state index in [4.69, 9.17) is 0 Å². The zero-order chi connectivity index (χ0) is 14.7. The molecule has 1 atom stereocenters. The van der Waals surface area contributed by atoms with Gasteiger partial charge in [-0.25, -0.2) is 0 Å². The second-order valence-electron chi connectivity index (χ2n) is 5.34. The summed E-state index contributed by atoms with van der Waals surface area (Å²) in [5, 5.41) is 12.9. The van der Waals surface area contributed by atoms with Crippen LogP contribution in [0.25, 0.3) is 0 Å². The van der Waals surface area contributed by atoms with E-state index in [2.05, 4.69) is 32.2 Å². The third-order valence-electron chi connectivity index (χ3n) is 3.69. The van der Waals surface area contributed by atoms with Crippen molar-refractivity contribution < 1.29 is 9.90 Å². The van der Waals surface area contributed by atoms with Crippen molar-refractivity contribution in [2.45, 2.75) is 38.8 Å². The molecule has 20 heavy (non-hydrogen) atoms. The maximum atomic E-state index is 11.1. The fourth-order valence-electron chi connectivity index (χ4n) is 2.70. The highest BCUT2D eigenvalue weighted by atomic mass is 79.9. The van der Waals surface area contributed by atoms with Crippen molar-refractivity contribution in [3.8, 4) is 0 Å². The fourth-order valence-corrected chi connectivity index (χ4v) is 3.05. The Morgan fingerprint density at radius 3 is 2.65 bits per heavy atom. The van der Waals surface area contributed by atoms with Crippen LogP contribution in [0.5, 0.6) is 0 Å². The molecule has 0 aliphatic carbocycles. The summed E-state index contributed by atoms with van der Waals surface area (Å²) in [6, 6.07) is 6.24. The Morgan fingerprint density at radius 2 is 2.10 bits per heavy atom. The lowest BCUT2D eigenvalue weighted by molar-refractivity contribution is -0.119. The molecule has 5 heteroatoms. The Labute approximate surface area is 128 Å². The van der Waals surface area contributed by atoms with Crippen LogP contribution in [-0.2, 0) is 4.79 Å². The number of benzene rings is 1. The fraction of sp³-hybridized carbons (Fsp3) is 0.533. The first kappa shape index (κ1) is 15.3. The molecular formula is C15H21BrN2O2. The van der Waals surface area contributed by atoms with Crippen LogP contribution in [0.1, 0.15) is 38.4 Å². The van der Waals surface area contributed by atoms with Crippen molar-refractivity contribution in [3.63, 3.8) is 0 Å². The topological polar surface area (TPSA) is 52.6 Å². The summed E-state index contributed by atoms with van der Waals surface area (Å²) in [5.74, 6) is 0.0376. The summed E-state index contributed by atoms with van der Waals surface area (Å²) in [7, 11) is 0. The molecule has 1 heterocycles. The molecule has 0 bridgehead atoms. The van der Waals surface area contributed by atoms with Gasteiger partial charge in [0.25, 0.3) is 0 Å². The number of hydrogen-bond acceptors (Lipinski definition) is 3. The molecule has 110 valence electrons. The molecule has 1 aliphatic heterocycles. The molecule has 2 N–H and O–H groups in total. The number of carbonyl (C=O) groups is 1. The molecule has 1 amide bonds. The monoisotopic (exact) mass is 340 g/mol. The standard InChI is InChI=1S/C15H21BrN2O2/c1-10(19)14-4-3-12(16)9-15(14)18-7-5-13(6-8-18)17-11(2)20/h3-4,9-10,13,19H,5-8H2,1-2H3,(H,17,20). The summed E-state index contributed by atoms with van der Waals surface area (Å²) in [5.41, 5.74) is 2.03. The van der Waals surface area contributed by atoms with E-state index in [1.54, 1.807) is 13.8 Å². The van der Waals surface area contributed by atoms with E-state index in [1.165, 1.54) is 0 Å². The summed E-state index contributed by atoms with van der Waals surface area (Å²) < 4.78 is 1.01. The Morgan fingerprint density at radius 1 is 1.45 bits per heavy atom. The molecule has 1 saturated heterocycles. The average Bonchev–Trinajstić information content (AvgIpc) is 2.38. The number of halogens is 1. The number of anilines is 1. The highest BCUT2D eigenvalue weighted by molar-refractivity contribution is 9.10. The molecular weight excluding hydrogens is 320 g/mol. The molecule has 1 aromatic rings. The van der Waals surface area contributed by atoms with Crippen molar-refractivity contribution in [3.05, 3.63) is 28.2 Å². The third-order valence-corrected chi connectivity index (χ3v) is 4.18. The SMILES string of the molecule is CC(=O)NC1CCN(c2cc(Br)ccc2C(C)O)CC1. The Hall–Kier alpha value is -1.07. The number of amides is 1. The van der Waals surface area contributed by atoms with Crippen LogP contribution in [-0.4, -0.2) is 30.1 Å². The van der Waals surface area contributed by atoms with Crippen LogP contribution in [0.3, 0.4) is 0 Å². The first-order chi connectivity index (χ1) is 9.47. The largest absolute Gasteiger partial charge is 0.389 e. The van der Waals surface area contributed by atoms with Crippen LogP contribution in [0.2, 0.25) is 0 Å². The summed E-state index contributed by atoms with van der Waals surface area (Å²) in [4.78, 5) is 13.4. The van der Waals surface area contributed by atoms with Gasteiger partial charge in [0, 0.05) is 41.8 Å². The Bertz CT molecular complexity index is 483. The predicted molar refractivity (Wildman–Crippen MR) is 83.8 cm³/mol. The van der Waals surface area contributed by atoms with Gasteiger partial charge in [-0.1, -0.05) is 22.0 Å². The van der Waals surface area contributed by atoms with Crippen LogP contribution in [0.15, 0.2) is 22.7 Å². The molecule has 0 aromatic heterocycles. The Kier molecular flexibility index (Phi) is 5.05. The smallest absolute Gasteiger partial charge is 0.217 e. The quantitative estimate of drug-likeness (QED) is 0.889. The minimum Gasteiger partial charge on any atom is -0.389 e. The van der Waals surface area contributed by atoms with Crippen molar-refractivity contribution in [2.24, 2.45) is 0 Å². The zero-order valence-corrected chi connectivity index (χ0v) is 13.5. The van der Waals surface area contributed by atoms with E-state index in [0.29, 0.717) is 0 Å². The lowest BCUT2D eigenvalue weighted by atomic mass is 10.0. The highest BCUT2D eigenvalue weighted by Crippen LogP contribution is 2.31. The van der Waals surface area contributed by atoms with E-state index in [1.807, 2.05) is 12.1 Å². The number of piperidine rings is 1. The lowest BCUT2D eigenvalue weighted by Gasteiger charge is -2.35. The van der Waals surface area contributed by atoms with Crippen molar-refractivity contribution in [2.75, 3.05) is 18.0 Å². The molecule has 0 saturated carbocycles. The van der Waals surface area contributed by atoms with E-state index < -0.39 is 6.10 Å². The lowest BCUT2D eigenvalue weighted by Crippen LogP contribution is -2.44. The van der Waals surface area contributed by atoms with Crippen molar-refractivity contribution in [1.29, 1.82) is 0 Å².